The van der Waals surface area contributed by atoms with Gasteiger partial charge in [-0.25, -0.2) is 14.4 Å². The molecule has 17 atom stereocenters. The maximum atomic E-state index is 11.5. The second-order valence-electron chi connectivity index (χ2n) is 44.5. The van der Waals surface area contributed by atoms with Crippen LogP contribution in [0.4, 0.5) is 0 Å². The molecule has 27 heteroatoms. The Morgan fingerprint density at radius 2 is 0.772 bits per heavy atom. The van der Waals surface area contributed by atoms with Gasteiger partial charge < -0.3 is 104 Å². The summed E-state index contributed by atoms with van der Waals surface area (Å²) in [5.74, 6) is 1.50. The van der Waals surface area contributed by atoms with E-state index in [1.54, 1.807) is 19.9 Å². The van der Waals surface area contributed by atoms with Crippen molar-refractivity contribution in [2.24, 2.45) is 59.4 Å². The molecule has 27 nitrogen and oxygen atoms in total. The number of ketones is 1. The molecular formula is C87H155N3O24. The summed E-state index contributed by atoms with van der Waals surface area (Å²) < 4.78 is 66.8. The quantitative estimate of drug-likeness (QED) is 0.0207. The number of nitrogens with zero attached hydrogens (tertiary/aromatic N) is 2. The number of aliphatic hydroxyl groups is 7. The highest BCUT2D eigenvalue weighted by Crippen LogP contribution is 2.49. The molecule has 0 aromatic rings. The lowest BCUT2D eigenvalue weighted by Gasteiger charge is -2.47. The highest BCUT2D eigenvalue weighted by Gasteiger charge is 2.65. The molecule has 10 N–H and O–H groups in total. The lowest BCUT2D eigenvalue weighted by molar-refractivity contribution is -0.375. The SMILES string of the molecule is CC(C)(C)C1OC(=O)C=C[C@@H]1O.CC1(C)C/C(=N\N)[C@H](O)C(C(C)(C)C)O1.CC1(C)C/C(=N\O)[C@H](O)C(C(C)(C)C)O1.CC1(C)C=C[C@H](O)C(C(C)(C)C)O1.CC1(C)CC(=O)[C@H](O)C(C(C)(C)C)O1.CC1(C)CC2=CC(=O)O[C@@H]2C(C(C)(C)C)O1.CC1(C)OC(=O)[C@H](O)C(C(C)(C)C)O1.CC1(C)OC(C(C)(C)C)[C@@H](O)[C@]2(CO2)O1. The number of esters is 3. The van der Waals surface area contributed by atoms with Gasteiger partial charge in [-0.2, -0.15) is 5.10 Å². The van der Waals surface area contributed by atoms with Crippen LogP contribution in [0.3, 0.4) is 0 Å². The van der Waals surface area contributed by atoms with Crippen molar-refractivity contribution in [3.8, 4) is 0 Å². The first-order chi connectivity index (χ1) is 50.6. The first-order valence-corrected chi connectivity index (χ1v) is 40.2. The number of Topliss-reactive ketones (excluding diaryl/α,β-unsaturated/α-hetero) is 1. The predicted molar refractivity (Wildman–Crippen MR) is 437 cm³/mol. The molecule has 7 fully saturated rings. The summed E-state index contributed by atoms with van der Waals surface area (Å²) in [4.78, 5) is 45.0. The van der Waals surface area contributed by atoms with E-state index in [0.29, 0.717) is 37.3 Å². The van der Waals surface area contributed by atoms with E-state index < -0.39 is 95.6 Å². The Kier molecular flexibility index (Phi) is 33.6. The second-order valence-corrected chi connectivity index (χ2v) is 44.5. The monoisotopic (exact) mass is 1630 g/mol. The Morgan fingerprint density at radius 1 is 0.404 bits per heavy atom. The summed E-state index contributed by atoms with van der Waals surface area (Å²) in [6.07, 6.45) is 2.07. The molecule has 0 aromatic carbocycles. The van der Waals surface area contributed by atoms with E-state index in [4.69, 9.17) is 67.9 Å². The minimum absolute atomic E-state index is 0.0263. The Labute approximate surface area is 682 Å². The number of fused-ring (bicyclic) bond motifs is 1. The molecule has 10 heterocycles. The summed E-state index contributed by atoms with van der Waals surface area (Å²) in [6, 6.07) is 0. The molecule has 0 radical (unpaired) electrons. The standard InChI is InChI=1S/C13H20O3.C11H22N2O2.C11H21NO3.C11H20O4.C11H20O3.C11H20O2.C10H18O4.C9H14O3/c1-12(2,3)11-10-8(6-9(14)15-10)7-13(4,5)16-11;1-10(2,3)9-8(14)7(13-12)6-11(4,5)15-9;1-10(2,3)9-8(13)7(12-14)6-11(4,5)15-9;1-9(2,3)8-7(12)11(6-13-11)15-10(4,5)14-8;1-10(2,3)9-8(13)7(12)6-11(4,5)14-9;1-10(2,3)9-8(12)6-7-11(4,5)13-9;1-9(2,3)7-6(11)8(12)14-10(4,5)13-7;1-9(2,3)8-6(10)4-5-7(11)12-8/h6,10-11H,7H2,1-5H3;8-9,14H,6,12H2,1-5H3;8-9,13-14H,6H2,1-5H3;7-8,12H,6H2,1-5H3;8-9,13H,6H2,1-5H3;6-9,12H,1-5H3;6-7,11H,1-5H3;4-6,8,10H,1-3H3/b;13-7+;12-7+;;;;;/t10-,11?;2*8-,9?;7-,8?,11+;2*8-,9?;6-,7?;6-,8?/m00010010/s1. The van der Waals surface area contributed by atoms with Crippen molar-refractivity contribution in [3.63, 3.8) is 0 Å². The molecule has 0 aliphatic carbocycles. The smallest absolute Gasteiger partial charge is 0.340 e. The van der Waals surface area contributed by atoms with Crippen molar-refractivity contribution in [1.29, 1.82) is 0 Å². The third kappa shape index (κ3) is 30.7. The van der Waals surface area contributed by atoms with E-state index >= 15 is 0 Å². The zero-order chi connectivity index (χ0) is 89.2. The Bertz CT molecular complexity index is 3250. The Morgan fingerprint density at radius 3 is 1.17 bits per heavy atom. The highest BCUT2D eigenvalue weighted by atomic mass is 16.9. The normalized spacial score (nSPS) is 34.6. The molecule has 10 aliphatic heterocycles. The van der Waals surface area contributed by atoms with Crippen LogP contribution < -0.4 is 5.84 Å². The molecule has 0 bridgehead atoms. The summed E-state index contributed by atoms with van der Waals surface area (Å²) in [7, 11) is 0. The summed E-state index contributed by atoms with van der Waals surface area (Å²) in [5.41, 5.74) is -0.748. The number of cyclic esters (lactones) is 2. The van der Waals surface area contributed by atoms with E-state index in [1.807, 2.05) is 206 Å². The lowest BCUT2D eigenvalue weighted by atomic mass is 9.78. The van der Waals surface area contributed by atoms with E-state index in [2.05, 4.69) is 65.6 Å². The molecule has 8 unspecified atom stereocenters. The zero-order valence-corrected chi connectivity index (χ0v) is 76.7. The van der Waals surface area contributed by atoms with Gasteiger partial charge in [-0.1, -0.05) is 183 Å². The number of carbonyl (C=O) groups is 4. The number of epoxide rings is 1. The number of carbonyl (C=O) groups excluding carboxylic acids is 4. The van der Waals surface area contributed by atoms with Gasteiger partial charge in [0.15, 0.2) is 23.8 Å². The number of oxime groups is 1. The van der Waals surface area contributed by atoms with Gasteiger partial charge in [-0.15, -0.1) is 0 Å². The molecule has 0 aromatic heterocycles. The van der Waals surface area contributed by atoms with Crippen molar-refractivity contribution < 1.29 is 117 Å². The van der Waals surface area contributed by atoms with Gasteiger partial charge in [0.05, 0.1) is 76.1 Å². The first kappa shape index (κ1) is 104. The summed E-state index contributed by atoms with van der Waals surface area (Å²) >= 11 is 0. The number of ether oxygens (including phenoxy) is 12. The third-order valence-corrected chi connectivity index (χ3v) is 20.1. The summed E-state index contributed by atoms with van der Waals surface area (Å²) in [5, 5.41) is 84.4. The van der Waals surface area contributed by atoms with E-state index in [1.165, 1.54) is 12.2 Å². The molecular weight excluding hydrogens is 1470 g/mol. The first-order valence-electron chi connectivity index (χ1n) is 40.2. The molecule has 0 amide bonds. The number of hydrazone groups is 1. The fraction of sp³-hybridized carbons (Fsp3) is 0.862. The largest absolute Gasteiger partial charge is 0.456 e. The third-order valence-electron chi connectivity index (χ3n) is 20.1. The minimum Gasteiger partial charge on any atom is -0.456 e. The lowest BCUT2D eigenvalue weighted by Crippen LogP contribution is -2.60. The molecule has 10 rings (SSSR count). The zero-order valence-electron chi connectivity index (χ0n) is 76.7. The molecule has 114 heavy (non-hydrogen) atoms. The van der Waals surface area contributed by atoms with Crippen LogP contribution in [0.5, 0.6) is 0 Å². The molecule has 7 saturated heterocycles. The molecule has 0 saturated carbocycles. The van der Waals surface area contributed by atoms with Gasteiger partial charge in [-0.05, 0) is 133 Å². The van der Waals surface area contributed by atoms with Crippen LogP contribution in [0, 0.1) is 43.3 Å². The van der Waals surface area contributed by atoms with Crippen LogP contribution >= 0.6 is 0 Å². The number of hydrogen-bond donors (Lipinski definition) is 9. The van der Waals surface area contributed by atoms with Gasteiger partial charge in [0.25, 0.3) is 0 Å². The van der Waals surface area contributed by atoms with E-state index in [9.17, 15) is 54.9 Å². The number of aliphatic hydroxyl groups excluding tert-OH is 7. The van der Waals surface area contributed by atoms with Crippen LogP contribution in [0.2, 0.25) is 0 Å². The number of nitrogens with two attached hydrogens (primary N) is 1. The Balaban J connectivity index is 0.000000338. The average Bonchev–Trinajstić information content (AvgIpc) is 1.57. The number of hydrogen-bond acceptors (Lipinski definition) is 27. The summed E-state index contributed by atoms with van der Waals surface area (Å²) in [6.45, 7) is 75.4. The van der Waals surface area contributed by atoms with Gasteiger partial charge in [0, 0.05) is 57.1 Å². The average molecular weight is 1630 g/mol. The van der Waals surface area contributed by atoms with Crippen molar-refractivity contribution in [2.75, 3.05) is 6.61 Å². The van der Waals surface area contributed by atoms with Gasteiger partial charge in [0.2, 0.25) is 11.6 Å². The van der Waals surface area contributed by atoms with Crippen LogP contribution in [0.15, 0.2) is 46.2 Å². The fourth-order valence-corrected chi connectivity index (χ4v) is 14.4. The van der Waals surface area contributed by atoms with Gasteiger partial charge >= 0.3 is 17.9 Å². The van der Waals surface area contributed by atoms with E-state index in [-0.39, 0.29) is 114 Å². The minimum atomic E-state index is -1.19. The van der Waals surface area contributed by atoms with Crippen molar-refractivity contribution >= 4 is 35.1 Å². The van der Waals surface area contributed by atoms with Gasteiger partial charge in [-0.3, -0.25) is 4.79 Å². The molecule has 10 aliphatic rings. The van der Waals surface area contributed by atoms with E-state index in [0.717, 1.165) is 12.0 Å². The maximum absolute atomic E-state index is 11.5. The number of rotatable bonds is 0. The van der Waals surface area contributed by atoms with Crippen LogP contribution in [-0.2, 0) is 76.0 Å². The molecule has 662 valence electrons. The fourth-order valence-electron chi connectivity index (χ4n) is 14.4. The van der Waals surface area contributed by atoms with Crippen molar-refractivity contribution in [1.82, 2.24) is 0 Å². The van der Waals surface area contributed by atoms with Crippen molar-refractivity contribution in [3.05, 3.63) is 36.0 Å². The maximum Gasteiger partial charge on any atom is 0.340 e. The topological polar surface area (TPSA) is 395 Å². The van der Waals surface area contributed by atoms with Crippen molar-refractivity contribution in [2.45, 2.75) is 432 Å². The predicted octanol–water partition coefficient (Wildman–Crippen LogP) is 12.4. The Hall–Kier alpha value is -4.40. The molecule has 1 spiro atoms. The van der Waals surface area contributed by atoms with Crippen LogP contribution in [0.1, 0.15) is 289 Å². The highest BCUT2D eigenvalue weighted by molar-refractivity contribution is 5.91. The van der Waals surface area contributed by atoms with Crippen LogP contribution in [-0.4, -0.2) is 226 Å². The van der Waals surface area contributed by atoms with Gasteiger partial charge in [0.1, 0.15) is 55.4 Å². The van der Waals surface area contributed by atoms with Crippen LogP contribution in [0.25, 0.3) is 0 Å². The second kappa shape index (κ2) is 36.9.